The highest BCUT2D eigenvalue weighted by atomic mass is 16.9. The molecule has 3 saturated heterocycles. The molecule has 108 valence electrons. The van der Waals surface area contributed by atoms with Gasteiger partial charge >= 0.3 is 0 Å². The van der Waals surface area contributed by atoms with E-state index < -0.39 is 5.97 Å². The fourth-order valence-electron chi connectivity index (χ4n) is 4.20. The second-order valence-electron chi connectivity index (χ2n) is 5.94. The lowest BCUT2D eigenvalue weighted by Gasteiger charge is -2.49. The maximum absolute atomic E-state index is 5.98. The van der Waals surface area contributed by atoms with Gasteiger partial charge in [-0.05, 0) is 6.42 Å². The fourth-order valence-corrected chi connectivity index (χ4v) is 4.20. The molecule has 0 amide bonds. The quantitative estimate of drug-likeness (QED) is 0.551. The van der Waals surface area contributed by atoms with Crippen molar-refractivity contribution in [1.82, 2.24) is 0 Å². The van der Waals surface area contributed by atoms with Crippen molar-refractivity contribution < 1.29 is 28.4 Å². The molecular formula is C13H20O6. The topological polar surface area (TPSA) is 58.7 Å². The van der Waals surface area contributed by atoms with Crippen molar-refractivity contribution in [3.63, 3.8) is 0 Å². The van der Waals surface area contributed by atoms with Crippen LogP contribution in [0.25, 0.3) is 0 Å². The summed E-state index contributed by atoms with van der Waals surface area (Å²) in [6, 6.07) is 0. The van der Waals surface area contributed by atoms with Crippen LogP contribution in [0, 0.1) is 11.3 Å². The van der Waals surface area contributed by atoms with Crippen LogP contribution in [0.5, 0.6) is 0 Å². The summed E-state index contributed by atoms with van der Waals surface area (Å²) < 4.78 is 34.1. The molecule has 6 atom stereocenters. The highest BCUT2D eigenvalue weighted by molar-refractivity contribution is 5.15. The third-order valence-corrected chi connectivity index (χ3v) is 5.28. The summed E-state index contributed by atoms with van der Waals surface area (Å²) in [7, 11) is 4.91. The van der Waals surface area contributed by atoms with Crippen LogP contribution in [0.3, 0.4) is 0 Å². The van der Waals surface area contributed by atoms with Crippen LogP contribution in [0.1, 0.15) is 12.8 Å². The Morgan fingerprint density at radius 2 is 1.79 bits per heavy atom. The van der Waals surface area contributed by atoms with Gasteiger partial charge in [-0.1, -0.05) is 0 Å². The lowest BCUT2D eigenvalue weighted by molar-refractivity contribution is -0.406. The molecule has 0 radical (unpaired) electrons. The Balaban J connectivity index is 1.67. The molecule has 3 aliphatic heterocycles. The van der Waals surface area contributed by atoms with E-state index in [4.69, 9.17) is 28.4 Å². The molecule has 4 fully saturated rings. The van der Waals surface area contributed by atoms with Crippen molar-refractivity contribution in [3.8, 4) is 0 Å². The predicted octanol–water partition coefficient (Wildman–Crippen LogP) is 0.498. The molecule has 19 heavy (non-hydrogen) atoms. The standard InChI is InChI=1S/C13H20O6/c1-14-11-12-5-8(18-11)10-9(19-10)7(12)4-13(15-2,16-3)17-6-12/h7-11H,4-6H2,1-3H3/t7-,8-,9-,10+,11?,12-/m1/s1. The van der Waals surface area contributed by atoms with E-state index in [0.717, 1.165) is 6.42 Å². The normalized spacial score (nSPS) is 53.5. The molecule has 0 aromatic heterocycles. The Morgan fingerprint density at radius 1 is 1.00 bits per heavy atom. The maximum Gasteiger partial charge on any atom is 0.282 e. The first-order valence-electron chi connectivity index (χ1n) is 6.76. The minimum Gasteiger partial charge on any atom is -0.366 e. The third-order valence-electron chi connectivity index (χ3n) is 5.28. The van der Waals surface area contributed by atoms with Gasteiger partial charge in [-0.2, -0.15) is 0 Å². The number of hydrogen-bond acceptors (Lipinski definition) is 6. The Morgan fingerprint density at radius 3 is 2.47 bits per heavy atom. The molecule has 1 saturated carbocycles. The monoisotopic (exact) mass is 272 g/mol. The van der Waals surface area contributed by atoms with E-state index in [1.165, 1.54) is 0 Å². The number of epoxide rings is 1. The summed E-state index contributed by atoms with van der Waals surface area (Å²) in [5, 5.41) is 0. The van der Waals surface area contributed by atoms with E-state index in [-0.39, 0.29) is 35.9 Å². The van der Waals surface area contributed by atoms with Gasteiger partial charge in [-0.3, -0.25) is 0 Å². The number of rotatable bonds is 3. The molecule has 0 aromatic rings. The molecule has 0 N–H and O–H groups in total. The zero-order chi connectivity index (χ0) is 13.3. The van der Waals surface area contributed by atoms with Gasteiger partial charge in [0.1, 0.15) is 6.10 Å². The van der Waals surface area contributed by atoms with Gasteiger partial charge < -0.3 is 28.4 Å². The van der Waals surface area contributed by atoms with Gasteiger partial charge in [0.15, 0.2) is 6.29 Å². The average Bonchev–Trinajstić information content (AvgIpc) is 3.19. The van der Waals surface area contributed by atoms with Crippen LogP contribution in [0.2, 0.25) is 0 Å². The van der Waals surface area contributed by atoms with E-state index in [2.05, 4.69) is 0 Å². The first kappa shape index (κ1) is 12.5. The van der Waals surface area contributed by atoms with Crippen LogP contribution in [0.15, 0.2) is 0 Å². The summed E-state index contributed by atoms with van der Waals surface area (Å²) in [5.74, 6) is -0.671. The summed E-state index contributed by atoms with van der Waals surface area (Å²) in [6.45, 7) is 0.515. The Labute approximate surface area is 112 Å². The Kier molecular flexibility index (Phi) is 2.57. The fraction of sp³-hybridized carbons (Fsp3) is 1.00. The van der Waals surface area contributed by atoms with Crippen LogP contribution in [0.4, 0.5) is 0 Å². The minimum atomic E-state index is -0.958. The molecule has 0 aromatic carbocycles. The first-order chi connectivity index (χ1) is 9.18. The molecular weight excluding hydrogens is 252 g/mol. The maximum atomic E-state index is 5.98. The molecule has 1 unspecified atom stereocenters. The minimum absolute atomic E-state index is 0.127. The van der Waals surface area contributed by atoms with Gasteiger partial charge in [-0.25, -0.2) is 0 Å². The number of hydrogen-bond donors (Lipinski definition) is 0. The Hall–Kier alpha value is -0.240. The van der Waals surface area contributed by atoms with Gasteiger partial charge in [0.05, 0.1) is 24.2 Å². The van der Waals surface area contributed by atoms with Gasteiger partial charge in [0, 0.05) is 33.7 Å². The highest BCUT2D eigenvalue weighted by Gasteiger charge is 2.73. The summed E-state index contributed by atoms with van der Waals surface area (Å²) in [5.41, 5.74) is -0.127. The van der Waals surface area contributed by atoms with Crippen molar-refractivity contribution in [3.05, 3.63) is 0 Å². The average molecular weight is 272 g/mol. The van der Waals surface area contributed by atoms with Gasteiger partial charge in [0.25, 0.3) is 5.97 Å². The molecule has 4 rings (SSSR count). The van der Waals surface area contributed by atoms with Crippen LogP contribution in [-0.4, -0.2) is 58.5 Å². The molecule has 1 aliphatic carbocycles. The molecule has 3 heterocycles. The predicted molar refractivity (Wildman–Crippen MR) is 62.2 cm³/mol. The molecule has 4 aliphatic rings. The highest BCUT2D eigenvalue weighted by Crippen LogP contribution is 2.63. The largest absolute Gasteiger partial charge is 0.366 e. The van der Waals surface area contributed by atoms with E-state index in [1.807, 2.05) is 0 Å². The van der Waals surface area contributed by atoms with Crippen molar-refractivity contribution in [2.75, 3.05) is 27.9 Å². The molecule has 1 spiro atoms. The van der Waals surface area contributed by atoms with E-state index in [9.17, 15) is 0 Å². The molecule has 6 nitrogen and oxygen atoms in total. The van der Waals surface area contributed by atoms with Crippen LogP contribution < -0.4 is 0 Å². The van der Waals surface area contributed by atoms with Crippen molar-refractivity contribution in [2.45, 2.75) is 43.4 Å². The Bertz CT molecular complexity index is 383. The van der Waals surface area contributed by atoms with Crippen LogP contribution >= 0.6 is 0 Å². The van der Waals surface area contributed by atoms with Crippen molar-refractivity contribution in [2.24, 2.45) is 11.3 Å². The van der Waals surface area contributed by atoms with E-state index in [0.29, 0.717) is 13.0 Å². The lowest BCUT2D eigenvalue weighted by Crippen LogP contribution is -2.58. The van der Waals surface area contributed by atoms with Gasteiger partial charge in [-0.15, -0.1) is 0 Å². The summed E-state index contributed by atoms with van der Waals surface area (Å²) in [4.78, 5) is 0. The number of methoxy groups -OCH3 is 3. The third kappa shape index (κ3) is 1.47. The van der Waals surface area contributed by atoms with Gasteiger partial charge in [0.2, 0.25) is 0 Å². The van der Waals surface area contributed by atoms with E-state index >= 15 is 0 Å². The second-order valence-corrected chi connectivity index (χ2v) is 5.94. The molecule has 6 heteroatoms. The smallest absolute Gasteiger partial charge is 0.282 e. The SMILES string of the molecule is COC1O[C@@H]2C[C@]13COC(OC)(OC)C[C@@H]3[C@H]1O[C@H]12. The second kappa shape index (κ2) is 3.90. The van der Waals surface area contributed by atoms with Crippen molar-refractivity contribution >= 4 is 0 Å². The zero-order valence-corrected chi connectivity index (χ0v) is 11.5. The number of fused-ring (bicyclic) bond motifs is 4. The zero-order valence-electron chi connectivity index (χ0n) is 11.5. The summed E-state index contributed by atoms with van der Waals surface area (Å²) >= 11 is 0. The number of ether oxygens (including phenoxy) is 6. The van der Waals surface area contributed by atoms with E-state index in [1.54, 1.807) is 21.3 Å². The molecule has 2 bridgehead atoms. The van der Waals surface area contributed by atoms with Crippen molar-refractivity contribution in [1.29, 1.82) is 0 Å². The first-order valence-corrected chi connectivity index (χ1v) is 6.76. The lowest BCUT2D eigenvalue weighted by atomic mass is 9.64. The summed E-state index contributed by atoms with van der Waals surface area (Å²) in [6.07, 6.45) is 1.95. The van der Waals surface area contributed by atoms with Crippen LogP contribution in [-0.2, 0) is 28.4 Å².